The number of likely N-dealkylation sites (N-methyl/N-ethyl adjacent to an activating group) is 1. The third kappa shape index (κ3) is 3.55. The molecule has 2 rings (SSSR count). The number of nitrogens with one attached hydrogen (secondary N) is 1. The second-order valence-electron chi connectivity index (χ2n) is 4.61. The zero-order chi connectivity index (χ0) is 14.8. The van der Waals surface area contributed by atoms with Crippen molar-refractivity contribution in [3.63, 3.8) is 0 Å². The van der Waals surface area contributed by atoms with E-state index >= 15 is 0 Å². The van der Waals surface area contributed by atoms with Crippen molar-refractivity contribution in [1.82, 2.24) is 4.90 Å². The number of nitrogens with zero attached hydrogens (tertiary/aromatic N) is 1. The number of hydrogen-bond acceptors (Lipinski definition) is 3. The van der Waals surface area contributed by atoms with E-state index in [1.807, 2.05) is 12.1 Å². The molecule has 1 heterocycles. The fraction of sp³-hybridized carbons (Fsp3) is 0.462. The van der Waals surface area contributed by atoms with E-state index in [4.69, 9.17) is 4.74 Å². The summed E-state index contributed by atoms with van der Waals surface area (Å²) in [5.41, 5.74) is 0.773. The standard InChI is InChI=1S/C13H15F3N2O2/c1-18(7-6-13(14,15)16)12(19)11-8-17-9-4-2-3-5-10(9)20-11/h2-5,11,17H,6-8H2,1H3. The van der Waals surface area contributed by atoms with E-state index in [0.29, 0.717) is 5.75 Å². The minimum Gasteiger partial charge on any atom is -0.477 e. The first-order chi connectivity index (χ1) is 9.37. The van der Waals surface area contributed by atoms with Gasteiger partial charge in [0.05, 0.1) is 18.7 Å². The van der Waals surface area contributed by atoms with Crippen molar-refractivity contribution in [2.24, 2.45) is 0 Å². The second-order valence-corrected chi connectivity index (χ2v) is 4.61. The van der Waals surface area contributed by atoms with E-state index in [0.717, 1.165) is 10.6 Å². The summed E-state index contributed by atoms with van der Waals surface area (Å²) >= 11 is 0. The third-order valence-electron chi connectivity index (χ3n) is 3.02. The molecule has 1 unspecified atom stereocenters. The van der Waals surface area contributed by atoms with Crippen LogP contribution in [0.15, 0.2) is 24.3 Å². The van der Waals surface area contributed by atoms with Crippen LogP contribution in [0.25, 0.3) is 0 Å². The van der Waals surface area contributed by atoms with Gasteiger partial charge in [-0.15, -0.1) is 0 Å². The topological polar surface area (TPSA) is 41.6 Å². The molecule has 0 saturated heterocycles. The van der Waals surface area contributed by atoms with Crippen LogP contribution in [0.4, 0.5) is 18.9 Å². The Morgan fingerprint density at radius 1 is 1.45 bits per heavy atom. The molecule has 1 amide bonds. The molecule has 1 aliphatic heterocycles. The van der Waals surface area contributed by atoms with Gasteiger partial charge in [-0.2, -0.15) is 13.2 Å². The van der Waals surface area contributed by atoms with Crippen molar-refractivity contribution >= 4 is 11.6 Å². The Kier molecular flexibility index (Phi) is 4.06. The van der Waals surface area contributed by atoms with Crippen molar-refractivity contribution in [3.8, 4) is 5.75 Å². The second kappa shape index (κ2) is 5.60. The van der Waals surface area contributed by atoms with Gasteiger partial charge in [0.25, 0.3) is 5.91 Å². The average molecular weight is 288 g/mol. The fourth-order valence-electron chi connectivity index (χ4n) is 1.90. The van der Waals surface area contributed by atoms with Gasteiger partial charge in [0, 0.05) is 13.6 Å². The molecule has 1 N–H and O–H groups in total. The van der Waals surface area contributed by atoms with Crippen LogP contribution in [-0.2, 0) is 4.79 Å². The predicted octanol–water partition coefficient (Wildman–Crippen LogP) is 2.27. The Labute approximate surface area is 114 Å². The molecule has 0 aliphatic carbocycles. The maximum absolute atomic E-state index is 12.1. The zero-order valence-electron chi connectivity index (χ0n) is 10.9. The Balaban J connectivity index is 1.94. The number of anilines is 1. The van der Waals surface area contributed by atoms with E-state index in [9.17, 15) is 18.0 Å². The van der Waals surface area contributed by atoms with E-state index in [2.05, 4.69) is 5.32 Å². The number of para-hydroxylation sites is 2. The minimum atomic E-state index is -4.27. The smallest absolute Gasteiger partial charge is 0.390 e. The minimum absolute atomic E-state index is 0.242. The van der Waals surface area contributed by atoms with E-state index in [1.165, 1.54) is 7.05 Å². The van der Waals surface area contributed by atoms with Crippen LogP contribution < -0.4 is 10.1 Å². The fourth-order valence-corrected chi connectivity index (χ4v) is 1.90. The Bertz CT molecular complexity index is 491. The lowest BCUT2D eigenvalue weighted by Crippen LogP contribution is -2.46. The molecular formula is C13H15F3N2O2. The zero-order valence-corrected chi connectivity index (χ0v) is 10.9. The lowest BCUT2D eigenvalue weighted by molar-refractivity contribution is -0.147. The summed E-state index contributed by atoms with van der Waals surface area (Å²) in [5.74, 6) is 0.0672. The van der Waals surface area contributed by atoms with Crippen LogP contribution in [0, 0.1) is 0 Å². The first-order valence-corrected chi connectivity index (χ1v) is 6.18. The van der Waals surface area contributed by atoms with Crippen molar-refractivity contribution < 1.29 is 22.7 Å². The van der Waals surface area contributed by atoms with E-state index in [1.54, 1.807) is 12.1 Å². The molecule has 0 fully saturated rings. The van der Waals surface area contributed by atoms with Gasteiger partial charge < -0.3 is 15.0 Å². The van der Waals surface area contributed by atoms with E-state index < -0.39 is 24.6 Å². The normalized spacial score (nSPS) is 17.7. The summed E-state index contributed by atoms with van der Waals surface area (Å²) < 4.78 is 41.9. The average Bonchev–Trinajstić information content (AvgIpc) is 2.42. The highest BCUT2D eigenvalue weighted by Crippen LogP contribution is 2.28. The molecule has 0 radical (unpaired) electrons. The summed E-state index contributed by atoms with van der Waals surface area (Å²) in [6.07, 6.45) is -6.10. The highest BCUT2D eigenvalue weighted by molar-refractivity contribution is 5.83. The SMILES string of the molecule is CN(CCC(F)(F)F)C(=O)C1CNc2ccccc2O1. The van der Waals surface area contributed by atoms with Crippen LogP contribution in [0.2, 0.25) is 0 Å². The quantitative estimate of drug-likeness (QED) is 0.927. The van der Waals surface area contributed by atoms with Crippen molar-refractivity contribution in [1.29, 1.82) is 0 Å². The number of ether oxygens (including phenoxy) is 1. The van der Waals surface area contributed by atoms with E-state index in [-0.39, 0.29) is 13.1 Å². The Hall–Kier alpha value is -1.92. The number of hydrogen-bond donors (Lipinski definition) is 1. The molecule has 1 atom stereocenters. The molecule has 1 aromatic carbocycles. The Morgan fingerprint density at radius 2 is 2.15 bits per heavy atom. The van der Waals surface area contributed by atoms with Crippen LogP contribution in [0.5, 0.6) is 5.75 Å². The number of carbonyl (C=O) groups is 1. The molecule has 0 aromatic heterocycles. The molecule has 110 valence electrons. The van der Waals surface area contributed by atoms with Crippen LogP contribution in [0.3, 0.4) is 0 Å². The van der Waals surface area contributed by atoms with Gasteiger partial charge in [-0.3, -0.25) is 4.79 Å². The first kappa shape index (κ1) is 14.5. The molecule has 0 spiro atoms. The maximum Gasteiger partial charge on any atom is 0.390 e. The summed E-state index contributed by atoms with van der Waals surface area (Å²) in [5, 5.41) is 3.03. The van der Waals surface area contributed by atoms with Gasteiger partial charge in [0.2, 0.25) is 0 Å². The third-order valence-corrected chi connectivity index (χ3v) is 3.02. The van der Waals surface area contributed by atoms with Crippen LogP contribution in [-0.4, -0.2) is 43.2 Å². The molecule has 7 heteroatoms. The number of halogens is 3. The number of rotatable bonds is 3. The largest absolute Gasteiger partial charge is 0.477 e. The summed E-state index contributed by atoms with van der Waals surface area (Å²) in [7, 11) is 1.35. The summed E-state index contributed by atoms with van der Waals surface area (Å²) in [6, 6.07) is 7.11. The first-order valence-electron chi connectivity index (χ1n) is 6.18. The number of benzene rings is 1. The van der Waals surface area contributed by atoms with Gasteiger partial charge in [-0.25, -0.2) is 0 Å². The maximum atomic E-state index is 12.1. The highest BCUT2D eigenvalue weighted by Gasteiger charge is 2.31. The number of amides is 1. The summed E-state index contributed by atoms with van der Waals surface area (Å²) in [6.45, 7) is -0.129. The van der Waals surface area contributed by atoms with Crippen molar-refractivity contribution in [3.05, 3.63) is 24.3 Å². The molecule has 1 aromatic rings. The Morgan fingerprint density at radius 3 is 2.85 bits per heavy atom. The molecule has 0 bridgehead atoms. The number of carbonyl (C=O) groups excluding carboxylic acids is 1. The predicted molar refractivity (Wildman–Crippen MR) is 67.7 cm³/mol. The van der Waals surface area contributed by atoms with Crippen molar-refractivity contribution in [2.45, 2.75) is 18.7 Å². The van der Waals surface area contributed by atoms with Gasteiger partial charge >= 0.3 is 6.18 Å². The van der Waals surface area contributed by atoms with Gasteiger partial charge in [0.15, 0.2) is 6.10 Å². The van der Waals surface area contributed by atoms with Crippen LogP contribution >= 0.6 is 0 Å². The molecule has 20 heavy (non-hydrogen) atoms. The highest BCUT2D eigenvalue weighted by atomic mass is 19.4. The summed E-state index contributed by atoms with van der Waals surface area (Å²) in [4.78, 5) is 13.1. The molecule has 0 saturated carbocycles. The lowest BCUT2D eigenvalue weighted by Gasteiger charge is -2.29. The molecule has 1 aliphatic rings. The molecule has 4 nitrogen and oxygen atoms in total. The lowest BCUT2D eigenvalue weighted by atomic mass is 10.2. The van der Waals surface area contributed by atoms with Crippen LogP contribution in [0.1, 0.15) is 6.42 Å². The van der Waals surface area contributed by atoms with Gasteiger partial charge in [-0.1, -0.05) is 12.1 Å². The van der Waals surface area contributed by atoms with Crippen molar-refractivity contribution in [2.75, 3.05) is 25.5 Å². The molecular weight excluding hydrogens is 273 g/mol. The number of alkyl halides is 3. The van der Waals surface area contributed by atoms with Gasteiger partial charge in [0.1, 0.15) is 5.75 Å². The number of fused-ring (bicyclic) bond motifs is 1. The monoisotopic (exact) mass is 288 g/mol. The van der Waals surface area contributed by atoms with Gasteiger partial charge in [-0.05, 0) is 12.1 Å².